The fourth-order valence-corrected chi connectivity index (χ4v) is 0.520. The first-order valence-corrected chi connectivity index (χ1v) is 4.03. The third kappa shape index (κ3) is 10.5. The van der Waals surface area contributed by atoms with Gasteiger partial charge < -0.3 is 20.9 Å². The van der Waals surface area contributed by atoms with E-state index in [1.807, 2.05) is 0 Å². The van der Waals surface area contributed by atoms with Crippen molar-refractivity contribution in [3.05, 3.63) is 36.6 Å². The van der Waals surface area contributed by atoms with Gasteiger partial charge in [-0.2, -0.15) is 0 Å². The van der Waals surface area contributed by atoms with Crippen LogP contribution in [0, 0.1) is 0 Å². The van der Waals surface area contributed by atoms with Gasteiger partial charge in [-0.15, -0.1) is 0 Å². The van der Waals surface area contributed by atoms with E-state index in [0.29, 0.717) is 5.69 Å². The number of imidazole rings is 1. The number of aliphatic hydroxyl groups excluding tert-OH is 1. The summed E-state index contributed by atoms with van der Waals surface area (Å²) in [5.41, 5.74) is 5.44. The van der Waals surface area contributed by atoms with Crippen molar-refractivity contribution in [1.82, 2.24) is 9.97 Å². The summed E-state index contributed by atoms with van der Waals surface area (Å²) in [7, 11) is 0. The number of hydrogen-bond donors (Lipinski definition) is 4. The van der Waals surface area contributed by atoms with E-state index < -0.39 is 5.97 Å². The van der Waals surface area contributed by atoms with Gasteiger partial charge in [0.25, 0.3) is 0 Å². The van der Waals surface area contributed by atoms with Crippen molar-refractivity contribution in [2.24, 2.45) is 5.73 Å². The Hall–Kier alpha value is -1.56. The minimum atomic E-state index is -0.969. The molecule has 1 radical (unpaired) electrons. The van der Waals surface area contributed by atoms with Gasteiger partial charge >= 0.3 is 5.97 Å². The Balaban J connectivity index is 0. The van der Waals surface area contributed by atoms with Gasteiger partial charge in [0.15, 0.2) is 0 Å². The van der Waals surface area contributed by atoms with Crippen molar-refractivity contribution in [2.45, 2.75) is 0 Å². The summed E-state index contributed by atoms with van der Waals surface area (Å²) >= 11 is 0. The average molecular weight is 266 g/mol. The number of nitrogens with two attached hydrogens (primary N) is 1. The Kier molecular flexibility index (Phi) is 10.5. The maximum Gasteiger partial charge on any atom is 0.328 e. The number of H-pyrrole nitrogens is 1. The molecule has 0 aromatic carbocycles. The zero-order valence-corrected chi connectivity index (χ0v) is 9.61. The van der Waals surface area contributed by atoms with Crippen LogP contribution < -0.4 is 5.73 Å². The number of aliphatic hydroxyl groups is 1. The van der Waals surface area contributed by atoms with E-state index in [0.717, 1.165) is 6.08 Å². The zero-order chi connectivity index (χ0) is 11.7. The van der Waals surface area contributed by atoms with Crippen molar-refractivity contribution in [2.75, 3.05) is 6.54 Å². The van der Waals surface area contributed by atoms with Gasteiger partial charge in [0.2, 0.25) is 0 Å². The topological polar surface area (TPSA) is 112 Å². The number of aromatic amines is 1. The molecule has 16 heavy (non-hydrogen) atoms. The molecule has 1 aromatic heterocycles. The molecule has 0 fully saturated rings. The van der Waals surface area contributed by atoms with Gasteiger partial charge in [-0.1, -0.05) is 6.58 Å². The SMILES string of the molecule is C=C(O)CN.O=C(O)/C=C\c1c[nH]cn1.[Mn]. The number of nitrogens with one attached hydrogen (secondary N) is 1. The van der Waals surface area contributed by atoms with E-state index in [9.17, 15) is 4.79 Å². The second kappa shape index (κ2) is 9.97. The number of rotatable bonds is 3. The molecular weight excluding hydrogens is 253 g/mol. The molecule has 0 unspecified atom stereocenters. The molecule has 0 bridgehead atoms. The molecule has 7 heteroatoms. The molecule has 0 saturated heterocycles. The fraction of sp³-hybridized carbons (Fsp3) is 0.111. The minimum absolute atomic E-state index is 0. The van der Waals surface area contributed by atoms with Crippen LogP contribution in [0.1, 0.15) is 5.69 Å². The molecule has 1 rings (SSSR count). The first-order chi connectivity index (χ1) is 7.06. The Labute approximate surface area is 103 Å². The predicted molar refractivity (Wildman–Crippen MR) is 56.1 cm³/mol. The molecular formula is C9H13MnN3O3. The Morgan fingerprint density at radius 3 is 2.50 bits per heavy atom. The summed E-state index contributed by atoms with van der Waals surface area (Å²) in [5.74, 6) is -0.937. The molecule has 5 N–H and O–H groups in total. The van der Waals surface area contributed by atoms with Crippen molar-refractivity contribution in [1.29, 1.82) is 0 Å². The largest absolute Gasteiger partial charge is 0.512 e. The number of hydrogen-bond acceptors (Lipinski definition) is 4. The van der Waals surface area contributed by atoms with Gasteiger partial charge in [-0.25, -0.2) is 9.78 Å². The van der Waals surface area contributed by atoms with Crippen LogP contribution >= 0.6 is 0 Å². The molecule has 0 amide bonds. The van der Waals surface area contributed by atoms with E-state index in [4.69, 9.17) is 15.9 Å². The monoisotopic (exact) mass is 266 g/mol. The maximum atomic E-state index is 9.97. The molecule has 0 atom stereocenters. The van der Waals surface area contributed by atoms with E-state index in [1.165, 1.54) is 12.4 Å². The zero-order valence-electron chi connectivity index (χ0n) is 8.43. The molecule has 0 spiro atoms. The van der Waals surface area contributed by atoms with Crippen molar-refractivity contribution >= 4 is 12.0 Å². The molecule has 1 aromatic rings. The average Bonchev–Trinajstić information content (AvgIpc) is 2.68. The van der Waals surface area contributed by atoms with Crippen molar-refractivity contribution in [3.63, 3.8) is 0 Å². The standard InChI is InChI=1S/C6H6N2O2.C3H7NO.Mn/c9-6(10)2-1-5-3-7-4-8-5;1-3(5)2-4;/h1-4H,(H,7,8)(H,9,10);5H,1-2,4H2;/b2-1-;;. The normalized spacial score (nSPS) is 8.81. The van der Waals surface area contributed by atoms with Crippen LogP contribution in [0.2, 0.25) is 0 Å². The van der Waals surface area contributed by atoms with Crippen LogP contribution in [-0.4, -0.2) is 32.7 Å². The fourth-order valence-electron chi connectivity index (χ4n) is 0.520. The Morgan fingerprint density at radius 1 is 1.62 bits per heavy atom. The van der Waals surface area contributed by atoms with E-state index in [-0.39, 0.29) is 29.4 Å². The smallest absolute Gasteiger partial charge is 0.328 e. The number of carboxylic acid groups (broad SMARTS) is 1. The summed E-state index contributed by atoms with van der Waals surface area (Å²) in [5, 5.41) is 16.2. The van der Waals surface area contributed by atoms with Crippen molar-refractivity contribution < 1.29 is 32.1 Å². The molecule has 0 aliphatic rings. The van der Waals surface area contributed by atoms with Crippen LogP contribution in [0.15, 0.2) is 30.9 Å². The van der Waals surface area contributed by atoms with Crippen LogP contribution in [0.25, 0.3) is 6.08 Å². The van der Waals surface area contributed by atoms with Crippen molar-refractivity contribution in [3.8, 4) is 0 Å². The predicted octanol–water partition coefficient (Wildman–Crippen LogP) is 0.522. The van der Waals surface area contributed by atoms with Crippen LogP contribution in [0.3, 0.4) is 0 Å². The molecule has 6 nitrogen and oxygen atoms in total. The van der Waals surface area contributed by atoms with Gasteiger partial charge in [0.1, 0.15) is 0 Å². The van der Waals surface area contributed by atoms with Gasteiger partial charge in [0, 0.05) is 29.3 Å². The number of aliphatic carboxylic acids is 1. The summed E-state index contributed by atoms with van der Waals surface area (Å²) in [6.45, 7) is 3.27. The third-order valence-corrected chi connectivity index (χ3v) is 1.15. The number of aromatic nitrogens is 2. The van der Waals surface area contributed by atoms with Crippen LogP contribution in [-0.2, 0) is 21.9 Å². The van der Waals surface area contributed by atoms with Gasteiger partial charge in [-0.3, -0.25) is 0 Å². The summed E-state index contributed by atoms with van der Waals surface area (Å²) in [6, 6.07) is 0. The summed E-state index contributed by atoms with van der Waals surface area (Å²) in [4.78, 5) is 16.5. The molecule has 0 aliphatic carbocycles. The quantitative estimate of drug-likeness (QED) is 0.362. The second-order valence-electron chi connectivity index (χ2n) is 2.44. The van der Waals surface area contributed by atoms with E-state index in [2.05, 4.69) is 16.5 Å². The number of carboxylic acids is 1. The minimum Gasteiger partial charge on any atom is -0.512 e. The number of carbonyl (C=O) groups is 1. The molecule has 89 valence electrons. The number of nitrogens with zero attached hydrogens (tertiary/aromatic N) is 1. The maximum absolute atomic E-state index is 9.97. The van der Waals surface area contributed by atoms with E-state index >= 15 is 0 Å². The van der Waals surface area contributed by atoms with Crippen LogP contribution in [0.5, 0.6) is 0 Å². The van der Waals surface area contributed by atoms with E-state index in [1.54, 1.807) is 6.20 Å². The van der Waals surface area contributed by atoms with Gasteiger partial charge in [-0.05, 0) is 6.08 Å². The molecule has 1 heterocycles. The van der Waals surface area contributed by atoms with Crippen LogP contribution in [0.4, 0.5) is 0 Å². The Morgan fingerprint density at radius 2 is 2.19 bits per heavy atom. The summed E-state index contributed by atoms with van der Waals surface area (Å²) in [6.07, 6.45) is 5.55. The molecule has 0 aliphatic heterocycles. The summed E-state index contributed by atoms with van der Waals surface area (Å²) < 4.78 is 0. The first-order valence-electron chi connectivity index (χ1n) is 4.03. The Bertz CT molecular complexity index is 336. The molecule has 0 saturated carbocycles. The third-order valence-electron chi connectivity index (χ3n) is 1.15. The van der Waals surface area contributed by atoms with Gasteiger partial charge in [0.05, 0.1) is 24.3 Å². The first kappa shape index (κ1) is 16.9. The second-order valence-corrected chi connectivity index (χ2v) is 2.44.